The third-order valence-corrected chi connectivity index (χ3v) is 8.48. The third kappa shape index (κ3) is 5.56. The van der Waals surface area contributed by atoms with Crippen LogP contribution in [-0.4, -0.2) is 52.4 Å². The van der Waals surface area contributed by atoms with Gasteiger partial charge in [0.1, 0.15) is 23.1 Å². The molecule has 3 heterocycles. The zero-order valence-electron chi connectivity index (χ0n) is 25.5. The van der Waals surface area contributed by atoms with Crippen LogP contribution in [0, 0.1) is 11.6 Å². The van der Waals surface area contributed by atoms with Gasteiger partial charge in [-0.3, -0.25) is 5.10 Å². The van der Waals surface area contributed by atoms with Gasteiger partial charge in [0.15, 0.2) is 0 Å². The number of aryl methyl sites for hydroxylation is 3. The lowest BCUT2D eigenvalue weighted by Crippen LogP contribution is -2.20. The summed E-state index contributed by atoms with van der Waals surface area (Å²) in [6.45, 7) is 6.48. The predicted octanol–water partition coefficient (Wildman–Crippen LogP) is 7.44. The minimum absolute atomic E-state index is 0.239. The van der Waals surface area contributed by atoms with Crippen LogP contribution in [0.25, 0.3) is 32.8 Å². The lowest BCUT2D eigenvalue weighted by atomic mass is 9.96. The molecule has 0 spiro atoms. The summed E-state index contributed by atoms with van der Waals surface area (Å²) >= 11 is 0. The number of carbonyl (C=O) groups excluding carboxylic acids is 1. The highest BCUT2D eigenvalue weighted by atomic mass is 19.1. The molecule has 5 aromatic rings. The maximum absolute atomic E-state index is 16.1. The van der Waals surface area contributed by atoms with Crippen LogP contribution in [0.4, 0.5) is 8.78 Å². The molecule has 0 amide bonds. The Balaban J connectivity index is 1.44. The number of halogens is 2. The van der Waals surface area contributed by atoms with Crippen molar-refractivity contribution < 1.29 is 23.0 Å². The number of ether oxygens (including phenoxy) is 2. The minimum atomic E-state index is -0.405. The van der Waals surface area contributed by atoms with Crippen molar-refractivity contribution >= 4 is 27.6 Å². The summed E-state index contributed by atoms with van der Waals surface area (Å²) in [6, 6.07) is 13.5. The molecule has 0 saturated carbocycles. The van der Waals surface area contributed by atoms with Crippen LogP contribution < -0.4 is 4.74 Å². The van der Waals surface area contributed by atoms with E-state index in [2.05, 4.69) is 22.1 Å². The lowest BCUT2D eigenvalue weighted by Gasteiger charge is -2.16. The van der Waals surface area contributed by atoms with Gasteiger partial charge in [-0.1, -0.05) is 19.1 Å². The van der Waals surface area contributed by atoms with E-state index in [1.54, 1.807) is 19.1 Å². The normalized spacial score (nSPS) is 14.0. The average Bonchev–Trinajstić information content (AvgIpc) is 3.54. The number of nitrogens with one attached hydrogen (secondary N) is 1. The van der Waals surface area contributed by atoms with E-state index in [0.29, 0.717) is 61.5 Å². The van der Waals surface area contributed by atoms with Gasteiger partial charge in [0, 0.05) is 35.0 Å². The molecule has 0 aliphatic carbocycles. The van der Waals surface area contributed by atoms with E-state index in [1.807, 2.05) is 29.7 Å². The summed E-state index contributed by atoms with van der Waals surface area (Å²) in [5.41, 5.74) is 4.95. The van der Waals surface area contributed by atoms with Crippen LogP contribution in [0.2, 0.25) is 0 Å². The van der Waals surface area contributed by atoms with E-state index in [4.69, 9.17) is 9.47 Å². The number of aromatic amines is 1. The fourth-order valence-corrected chi connectivity index (χ4v) is 6.51. The van der Waals surface area contributed by atoms with Gasteiger partial charge in [-0.05, 0) is 100.0 Å². The molecule has 7 nitrogen and oxygen atoms in total. The van der Waals surface area contributed by atoms with Gasteiger partial charge in [-0.2, -0.15) is 5.10 Å². The molecule has 1 aliphatic heterocycles. The van der Waals surface area contributed by atoms with Crippen molar-refractivity contribution in [1.82, 2.24) is 19.7 Å². The number of H-pyrrole nitrogens is 1. The number of rotatable bonds is 8. The second-order valence-corrected chi connectivity index (χ2v) is 11.4. The monoisotopic (exact) mass is 600 g/mol. The van der Waals surface area contributed by atoms with E-state index in [0.717, 1.165) is 58.1 Å². The van der Waals surface area contributed by atoms with Crippen LogP contribution >= 0.6 is 0 Å². The number of carbonyl (C=O) groups is 1. The molecule has 44 heavy (non-hydrogen) atoms. The molecule has 2 aromatic heterocycles. The molecule has 0 atom stereocenters. The maximum Gasteiger partial charge on any atom is 0.355 e. The largest absolute Gasteiger partial charge is 0.493 e. The van der Waals surface area contributed by atoms with Crippen molar-refractivity contribution in [2.75, 3.05) is 26.8 Å². The van der Waals surface area contributed by atoms with Crippen LogP contribution in [-0.2, 0) is 30.7 Å². The highest BCUT2D eigenvalue weighted by molar-refractivity contribution is 6.05. The lowest BCUT2D eigenvalue weighted by molar-refractivity contribution is 0.0512. The number of fused-ring (bicyclic) bond motifs is 3. The Bertz CT molecular complexity index is 1830. The maximum atomic E-state index is 16.1. The smallest absolute Gasteiger partial charge is 0.355 e. The molecule has 6 rings (SSSR count). The van der Waals surface area contributed by atoms with Gasteiger partial charge in [0.25, 0.3) is 0 Å². The van der Waals surface area contributed by atoms with Crippen LogP contribution in [0.1, 0.15) is 60.5 Å². The molecule has 0 radical (unpaired) electrons. The van der Waals surface area contributed by atoms with Gasteiger partial charge in [-0.25, -0.2) is 13.6 Å². The van der Waals surface area contributed by atoms with Crippen LogP contribution in [0.15, 0.2) is 48.5 Å². The first-order valence-electron chi connectivity index (χ1n) is 15.5. The minimum Gasteiger partial charge on any atom is -0.493 e. The van der Waals surface area contributed by atoms with Gasteiger partial charge < -0.3 is 18.9 Å². The van der Waals surface area contributed by atoms with E-state index >= 15 is 4.39 Å². The zero-order valence-corrected chi connectivity index (χ0v) is 25.5. The predicted molar refractivity (Wildman–Crippen MR) is 168 cm³/mol. The van der Waals surface area contributed by atoms with Crippen molar-refractivity contribution in [3.8, 4) is 16.9 Å². The average molecular weight is 601 g/mol. The number of hydrogen-bond donors (Lipinski definition) is 1. The summed E-state index contributed by atoms with van der Waals surface area (Å²) < 4.78 is 43.6. The van der Waals surface area contributed by atoms with E-state index in [-0.39, 0.29) is 18.2 Å². The van der Waals surface area contributed by atoms with Crippen molar-refractivity contribution in [2.24, 2.45) is 0 Å². The van der Waals surface area contributed by atoms with Crippen molar-refractivity contribution in [3.05, 3.63) is 82.8 Å². The summed E-state index contributed by atoms with van der Waals surface area (Å²) in [4.78, 5) is 15.9. The molecule has 1 N–H and O–H groups in total. The summed E-state index contributed by atoms with van der Waals surface area (Å²) in [7, 11) is 2.06. The Labute approximate surface area is 255 Å². The first-order chi connectivity index (χ1) is 21.4. The summed E-state index contributed by atoms with van der Waals surface area (Å²) in [5.74, 6) is -0.357. The second-order valence-electron chi connectivity index (χ2n) is 11.4. The SMILES string of the molecule is CCOC(=O)c1c(CCCOc2cccc3cc(F)ccc23)c2ccc(F)c3c2n1CCCCN(C)Cc1[nH]nc(CC)c1-3. The molecule has 230 valence electrons. The third-order valence-electron chi connectivity index (χ3n) is 8.48. The number of esters is 1. The summed E-state index contributed by atoms with van der Waals surface area (Å²) in [5, 5.41) is 10.2. The molecule has 1 aliphatic rings. The molecular formula is C35H38F2N4O3. The number of aromatic nitrogens is 3. The highest BCUT2D eigenvalue weighted by Crippen LogP contribution is 2.40. The Hall–Kier alpha value is -4.24. The number of benzene rings is 3. The number of hydrogen-bond acceptors (Lipinski definition) is 5. The zero-order chi connectivity index (χ0) is 30.8. The quantitative estimate of drug-likeness (QED) is 0.148. The van der Waals surface area contributed by atoms with Gasteiger partial charge in [0.05, 0.1) is 30.1 Å². The van der Waals surface area contributed by atoms with Gasteiger partial charge in [0.2, 0.25) is 0 Å². The highest BCUT2D eigenvalue weighted by Gasteiger charge is 2.30. The molecule has 0 saturated heterocycles. The molecule has 3 aromatic carbocycles. The molecular weight excluding hydrogens is 562 g/mol. The standard InChI is InChI=1S/C35H38F2N4O3/c1-4-28-32-29(39-38-28)21-40(3)17-6-7-18-41-33-26(15-16-27(37)31(32)33)25(34(41)35(42)43-5-2)11-9-19-44-30-12-8-10-22-20-23(36)13-14-24(22)30/h8,10,12-16,20H,4-7,9,11,17-19,21H2,1-3H3,(H,38,39). The molecule has 0 fully saturated rings. The van der Waals surface area contributed by atoms with Gasteiger partial charge in [-0.15, -0.1) is 0 Å². The second kappa shape index (κ2) is 12.8. The van der Waals surface area contributed by atoms with E-state index in [9.17, 15) is 9.18 Å². The first kappa shape index (κ1) is 29.8. The van der Waals surface area contributed by atoms with E-state index < -0.39 is 5.97 Å². The van der Waals surface area contributed by atoms with Crippen molar-refractivity contribution in [3.63, 3.8) is 0 Å². The Morgan fingerprint density at radius 2 is 1.84 bits per heavy atom. The summed E-state index contributed by atoms with van der Waals surface area (Å²) in [6.07, 6.45) is 3.53. The van der Waals surface area contributed by atoms with Gasteiger partial charge >= 0.3 is 5.97 Å². The van der Waals surface area contributed by atoms with Crippen molar-refractivity contribution in [1.29, 1.82) is 0 Å². The molecule has 0 bridgehead atoms. The van der Waals surface area contributed by atoms with E-state index in [1.165, 1.54) is 18.2 Å². The fourth-order valence-electron chi connectivity index (χ4n) is 6.51. The Morgan fingerprint density at radius 3 is 2.66 bits per heavy atom. The number of nitrogens with zero attached hydrogens (tertiary/aromatic N) is 3. The van der Waals surface area contributed by atoms with Crippen LogP contribution in [0.3, 0.4) is 0 Å². The molecule has 9 heteroatoms. The first-order valence-corrected chi connectivity index (χ1v) is 15.5. The van der Waals surface area contributed by atoms with Crippen molar-refractivity contribution in [2.45, 2.75) is 59.0 Å². The molecule has 0 unspecified atom stereocenters. The fraction of sp³-hybridized carbons (Fsp3) is 0.371. The topological polar surface area (TPSA) is 72.4 Å². The Kier molecular flexibility index (Phi) is 8.66. The Morgan fingerprint density at radius 1 is 1.02 bits per heavy atom. The van der Waals surface area contributed by atoms with Crippen LogP contribution in [0.5, 0.6) is 5.75 Å².